The minimum Gasteiger partial charge on any atom is -0.353 e. The van der Waals surface area contributed by atoms with E-state index in [1.165, 1.54) is 0 Å². The third-order valence-electron chi connectivity index (χ3n) is 3.01. The summed E-state index contributed by atoms with van der Waals surface area (Å²) in [6.45, 7) is 10.6. The molecule has 0 fully saturated rings. The van der Waals surface area contributed by atoms with Gasteiger partial charge in [-0.1, -0.05) is 13.8 Å². The average molecular weight is 329 g/mol. The van der Waals surface area contributed by atoms with Crippen molar-refractivity contribution in [3.05, 3.63) is 16.5 Å². The second kappa shape index (κ2) is 7.20. The second-order valence-electron chi connectivity index (χ2n) is 5.46. The van der Waals surface area contributed by atoms with Crippen LogP contribution in [-0.2, 0) is 0 Å². The lowest BCUT2D eigenvalue weighted by molar-refractivity contribution is 0.372. The monoisotopic (exact) mass is 328 g/mol. The maximum Gasteiger partial charge on any atom is 0.134 e. The lowest BCUT2D eigenvalue weighted by Gasteiger charge is -2.31. The van der Waals surface area contributed by atoms with Gasteiger partial charge < -0.3 is 9.80 Å². The Balaban J connectivity index is 3.03. The third kappa shape index (κ3) is 4.73. The molecule has 0 aromatic carbocycles. The van der Waals surface area contributed by atoms with Crippen LogP contribution in [0.1, 0.15) is 39.4 Å². The lowest BCUT2D eigenvalue weighted by Crippen LogP contribution is -2.40. The van der Waals surface area contributed by atoms with E-state index in [9.17, 15) is 0 Å². The molecule has 1 atom stereocenters. The summed E-state index contributed by atoms with van der Waals surface area (Å²) in [7, 11) is 4.19. The van der Waals surface area contributed by atoms with Gasteiger partial charge in [-0.3, -0.25) is 0 Å². The molecule has 5 heteroatoms. The summed E-state index contributed by atoms with van der Waals surface area (Å²) in [5.41, 5.74) is 0. The first-order valence-electron chi connectivity index (χ1n) is 6.81. The largest absolute Gasteiger partial charge is 0.353 e. The van der Waals surface area contributed by atoms with E-state index in [0.29, 0.717) is 12.0 Å². The number of hydrogen-bond donors (Lipinski definition) is 0. The van der Waals surface area contributed by atoms with E-state index in [1.54, 1.807) is 0 Å². The third-order valence-corrected chi connectivity index (χ3v) is 3.42. The van der Waals surface area contributed by atoms with E-state index >= 15 is 0 Å². The number of likely N-dealkylation sites (N-methyl/N-ethyl adjacent to an activating group) is 2. The van der Waals surface area contributed by atoms with Gasteiger partial charge in [0.05, 0.1) is 0 Å². The number of rotatable bonds is 6. The maximum absolute atomic E-state index is 4.70. The van der Waals surface area contributed by atoms with Gasteiger partial charge in [0.2, 0.25) is 0 Å². The van der Waals surface area contributed by atoms with Crippen LogP contribution in [0.4, 0.5) is 5.82 Å². The van der Waals surface area contributed by atoms with Crippen molar-refractivity contribution in [2.75, 3.05) is 32.1 Å². The molecule has 0 N–H and O–H groups in total. The molecule has 0 bridgehead atoms. The van der Waals surface area contributed by atoms with Crippen molar-refractivity contribution < 1.29 is 0 Å². The second-order valence-corrected chi connectivity index (χ2v) is 6.27. The van der Waals surface area contributed by atoms with Crippen molar-refractivity contribution in [1.82, 2.24) is 14.9 Å². The summed E-state index contributed by atoms with van der Waals surface area (Å²) in [6.07, 6.45) is 0. The number of hydrogen-bond acceptors (Lipinski definition) is 4. The molecular formula is C14H25BrN4. The Morgan fingerprint density at radius 1 is 1.21 bits per heavy atom. The maximum atomic E-state index is 4.70. The zero-order valence-electron chi connectivity index (χ0n) is 12.8. The molecule has 0 saturated carbocycles. The standard InChI is InChI=1S/C14H25BrN4/c1-7-19(11(4)9-18(5)6)13-8-12(15)16-14(17-13)10(2)3/h8,10-11H,7,9H2,1-6H3. The molecular weight excluding hydrogens is 304 g/mol. The molecule has 4 nitrogen and oxygen atoms in total. The van der Waals surface area contributed by atoms with Crippen LogP contribution in [0.5, 0.6) is 0 Å². The molecule has 0 aliphatic heterocycles. The molecule has 1 rings (SSSR count). The van der Waals surface area contributed by atoms with Crippen molar-refractivity contribution in [3.8, 4) is 0 Å². The zero-order chi connectivity index (χ0) is 14.6. The van der Waals surface area contributed by atoms with Crippen LogP contribution in [0.15, 0.2) is 10.7 Å². The number of anilines is 1. The Labute approximate surface area is 125 Å². The Kier molecular flexibility index (Phi) is 6.20. The molecule has 1 heterocycles. The summed E-state index contributed by atoms with van der Waals surface area (Å²) >= 11 is 3.49. The van der Waals surface area contributed by atoms with Crippen LogP contribution in [0.25, 0.3) is 0 Å². The normalized spacial score (nSPS) is 13.1. The number of aromatic nitrogens is 2. The molecule has 0 amide bonds. The van der Waals surface area contributed by atoms with Gasteiger partial charge in [0, 0.05) is 31.1 Å². The van der Waals surface area contributed by atoms with E-state index in [1.807, 2.05) is 6.07 Å². The lowest BCUT2D eigenvalue weighted by atomic mass is 10.2. The zero-order valence-corrected chi connectivity index (χ0v) is 14.4. The predicted octanol–water partition coefficient (Wildman–Crippen LogP) is 3.14. The van der Waals surface area contributed by atoms with Gasteiger partial charge in [0.25, 0.3) is 0 Å². The molecule has 1 unspecified atom stereocenters. The fraction of sp³-hybridized carbons (Fsp3) is 0.714. The minimum absolute atomic E-state index is 0.333. The van der Waals surface area contributed by atoms with Gasteiger partial charge >= 0.3 is 0 Å². The highest BCUT2D eigenvalue weighted by Gasteiger charge is 2.17. The first-order valence-corrected chi connectivity index (χ1v) is 7.60. The molecule has 0 saturated heterocycles. The smallest absolute Gasteiger partial charge is 0.134 e. The number of nitrogens with zero attached hydrogens (tertiary/aromatic N) is 4. The van der Waals surface area contributed by atoms with Crippen LogP contribution in [0, 0.1) is 0 Å². The quantitative estimate of drug-likeness (QED) is 0.751. The summed E-state index contributed by atoms with van der Waals surface area (Å²) in [5, 5.41) is 0. The van der Waals surface area contributed by atoms with Crippen molar-refractivity contribution >= 4 is 21.7 Å². The van der Waals surface area contributed by atoms with Gasteiger partial charge in [-0.25, -0.2) is 9.97 Å². The summed E-state index contributed by atoms with van der Waals surface area (Å²) < 4.78 is 0.858. The van der Waals surface area contributed by atoms with Crippen LogP contribution in [0.2, 0.25) is 0 Å². The van der Waals surface area contributed by atoms with Crippen molar-refractivity contribution in [3.63, 3.8) is 0 Å². The average Bonchev–Trinajstić information content (AvgIpc) is 2.27. The van der Waals surface area contributed by atoms with E-state index in [0.717, 1.165) is 29.3 Å². The first kappa shape index (κ1) is 16.4. The topological polar surface area (TPSA) is 32.3 Å². The Morgan fingerprint density at radius 3 is 2.32 bits per heavy atom. The fourth-order valence-corrected chi connectivity index (χ4v) is 2.54. The van der Waals surface area contributed by atoms with E-state index in [-0.39, 0.29) is 0 Å². The molecule has 1 aromatic heterocycles. The highest BCUT2D eigenvalue weighted by Crippen LogP contribution is 2.22. The summed E-state index contributed by atoms with van der Waals surface area (Å²) in [5.74, 6) is 2.22. The highest BCUT2D eigenvalue weighted by atomic mass is 79.9. The van der Waals surface area contributed by atoms with Crippen LogP contribution in [0.3, 0.4) is 0 Å². The minimum atomic E-state index is 0.333. The molecule has 0 aliphatic carbocycles. The van der Waals surface area contributed by atoms with Crippen molar-refractivity contribution in [2.24, 2.45) is 0 Å². The van der Waals surface area contributed by atoms with Crippen LogP contribution < -0.4 is 4.90 Å². The van der Waals surface area contributed by atoms with Gasteiger partial charge in [-0.15, -0.1) is 0 Å². The summed E-state index contributed by atoms with van der Waals surface area (Å²) in [4.78, 5) is 13.7. The van der Waals surface area contributed by atoms with E-state index in [4.69, 9.17) is 4.98 Å². The van der Waals surface area contributed by atoms with Gasteiger partial charge in [0.1, 0.15) is 16.2 Å². The Hall–Kier alpha value is -0.680. The van der Waals surface area contributed by atoms with Crippen molar-refractivity contribution in [1.29, 1.82) is 0 Å². The van der Waals surface area contributed by atoms with Crippen LogP contribution >= 0.6 is 15.9 Å². The van der Waals surface area contributed by atoms with Gasteiger partial charge in [-0.2, -0.15) is 0 Å². The Morgan fingerprint density at radius 2 is 1.84 bits per heavy atom. The van der Waals surface area contributed by atoms with E-state index < -0.39 is 0 Å². The first-order chi connectivity index (χ1) is 8.85. The molecule has 1 aromatic rings. The predicted molar refractivity (Wildman–Crippen MR) is 84.9 cm³/mol. The van der Waals surface area contributed by atoms with Gasteiger partial charge in [-0.05, 0) is 43.9 Å². The molecule has 0 spiro atoms. The van der Waals surface area contributed by atoms with Gasteiger partial charge in [0.15, 0.2) is 0 Å². The highest BCUT2D eigenvalue weighted by molar-refractivity contribution is 9.10. The van der Waals surface area contributed by atoms with E-state index in [2.05, 4.69) is 72.5 Å². The summed E-state index contributed by atoms with van der Waals surface area (Å²) in [6, 6.07) is 2.42. The fourth-order valence-electron chi connectivity index (χ4n) is 2.15. The molecule has 108 valence electrons. The number of halogens is 1. The van der Waals surface area contributed by atoms with Crippen LogP contribution in [-0.4, -0.2) is 48.1 Å². The SMILES string of the molecule is CCN(c1cc(Br)nc(C(C)C)n1)C(C)CN(C)C. The molecule has 19 heavy (non-hydrogen) atoms. The Bertz CT molecular complexity index is 406. The van der Waals surface area contributed by atoms with Crippen molar-refractivity contribution in [2.45, 2.75) is 39.7 Å². The molecule has 0 aliphatic rings. The molecule has 0 radical (unpaired) electrons.